The van der Waals surface area contributed by atoms with E-state index in [0.717, 1.165) is 12.1 Å². The number of nitrogens with zero attached hydrogens (tertiary/aromatic N) is 2. The minimum Gasteiger partial charge on any atom is -0.424 e. The van der Waals surface area contributed by atoms with Crippen LogP contribution in [0.3, 0.4) is 0 Å². The zero-order chi connectivity index (χ0) is 13.7. The lowest BCUT2D eigenvalue weighted by Crippen LogP contribution is -2.12. The van der Waals surface area contributed by atoms with E-state index < -0.39 is 5.82 Å². The van der Waals surface area contributed by atoms with Gasteiger partial charge in [0, 0.05) is 30.6 Å². The summed E-state index contributed by atoms with van der Waals surface area (Å²) in [6.45, 7) is 3.60. The van der Waals surface area contributed by atoms with Crippen LogP contribution < -0.4 is 10.1 Å². The van der Waals surface area contributed by atoms with Gasteiger partial charge in [0.05, 0.1) is 5.02 Å². The zero-order valence-corrected chi connectivity index (χ0v) is 11.1. The van der Waals surface area contributed by atoms with Gasteiger partial charge in [0.15, 0.2) is 0 Å². The van der Waals surface area contributed by atoms with Crippen LogP contribution in [0.15, 0.2) is 30.6 Å². The Morgan fingerprint density at radius 2 is 2.05 bits per heavy atom. The van der Waals surface area contributed by atoms with Crippen molar-refractivity contribution >= 4 is 11.6 Å². The highest BCUT2D eigenvalue weighted by atomic mass is 35.5. The molecule has 0 amide bonds. The molecule has 6 heteroatoms. The smallest absolute Gasteiger partial charge is 0.321 e. The van der Waals surface area contributed by atoms with Crippen molar-refractivity contribution in [2.45, 2.75) is 13.5 Å². The molecule has 0 radical (unpaired) electrons. The number of nitrogens with one attached hydrogen (secondary N) is 1. The number of hydrogen-bond donors (Lipinski definition) is 1. The Morgan fingerprint density at radius 1 is 1.32 bits per heavy atom. The predicted octanol–water partition coefficient (Wildman–Crippen LogP) is 3.17. The van der Waals surface area contributed by atoms with Gasteiger partial charge >= 0.3 is 6.01 Å². The molecule has 0 spiro atoms. The summed E-state index contributed by atoms with van der Waals surface area (Å²) in [6.07, 6.45) is 3.33. The highest BCUT2D eigenvalue weighted by molar-refractivity contribution is 6.30. The van der Waals surface area contributed by atoms with Crippen molar-refractivity contribution in [1.29, 1.82) is 0 Å². The molecular formula is C13H13ClFN3O. The highest BCUT2D eigenvalue weighted by Gasteiger charge is 2.05. The molecular weight excluding hydrogens is 269 g/mol. The van der Waals surface area contributed by atoms with Crippen LogP contribution >= 0.6 is 11.6 Å². The Bertz CT molecular complexity index is 548. The van der Waals surface area contributed by atoms with Crippen LogP contribution in [-0.2, 0) is 6.54 Å². The molecule has 0 atom stereocenters. The second-order valence-electron chi connectivity index (χ2n) is 3.83. The molecule has 0 unspecified atom stereocenters. The summed E-state index contributed by atoms with van der Waals surface area (Å²) in [6, 6.07) is 4.34. The van der Waals surface area contributed by atoms with Crippen molar-refractivity contribution < 1.29 is 9.13 Å². The first-order chi connectivity index (χ1) is 9.19. The fourth-order valence-electron chi connectivity index (χ4n) is 1.40. The van der Waals surface area contributed by atoms with Crippen molar-refractivity contribution in [3.05, 3.63) is 47.0 Å². The molecule has 4 nitrogen and oxygen atoms in total. The Balaban J connectivity index is 2.04. The third-order valence-corrected chi connectivity index (χ3v) is 2.67. The summed E-state index contributed by atoms with van der Waals surface area (Å²) in [4.78, 5) is 8.10. The second-order valence-corrected chi connectivity index (χ2v) is 4.24. The highest BCUT2D eigenvalue weighted by Crippen LogP contribution is 2.23. The van der Waals surface area contributed by atoms with Crippen LogP contribution in [0.2, 0.25) is 5.02 Å². The van der Waals surface area contributed by atoms with E-state index in [-0.39, 0.29) is 11.0 Å². The first kappa shape index (κ1) is 13.7. The molecule has 1 heterocycles. The van der Waals surface area contributed by atoms with E-state index in [1.807, 2.05) is 6.92 Å². The molecule has 0 bridgehead atoms. The molecule has 19 heavy (non-hydrogen) atoms. The summed E-state index contributed by atoms with van der Waals surface area (Å²) >= 11 is 5.58. The van der Waals surface area contributed by atoms with Gasteiger partial charge in [0.25, 0.3) is 0 Å². The third kappa shape index (κ3) is 3.87. The Labute approximate surface area is 115 Å². The second kappa shape index (κ2) is 6.45. The summed E-state index contributed by atoms with van der Waals surface area (Å²) in [5.74, 6) is -0.232. The quantitative estimate of drug-likeness (QED) is 0.914. The number of aromatic nitrogens is 2. The van der Waals surface area contributed by atoms with Crippen LogP contribution in [0, 0.1) is 5.82 Å². The van der Waals surface area contributed by atoms with Crippen LogP contribution in [0.5, 0.6) is 11.8 Å². The number of rotatable bonds is 5. The molecule has 2 rings (SSSR count). The normalized spacial score (nSPS) is 10.5. The molecule has 100 valence electrons. The van der Waals surface area contributed by atoms with Gasteiger partial charge in [-0.05, 0) is 18.7 Å². The first-order valence-corrected chi connectivity index (χ1v) is 6.21. The lowest BCUT2D eigenvalue weighted by molar-refractivity contribution is 0.437. The molecule has 1 N–H and O–H groups in total. The maximum Gasteiger partial charge on any atom is 0.321 e. The van der Waals surface area contributed by atoms with Crippen LogP contribution in [0.1, 0.15) is 12.5 Å². The van der Waals surface area contributed by atoms with Gasteiger partial charge in [-0.2, -0.15) is 0 Å². The Hall–Kier alpha value is -1.72. The van der Waals surface area contributed by atoms with Gasteiger partial charge in [-0.1, -0.05) is 18.5 Å². The number of halogens is 2. The van der Waals surface area contributed by atoms with Crippen LogP contribution in [0.4, 0.5) is 4.39 Å². The van der Waals surface area contributed by atoms with Crippen molar-refractivity contribution in [3.8, 4) is 11.8 Å². The topological polar surface area (TPSA) is 47.0 Å². The van der Waals surface area contributed by atoms with Gasteiger partial charge in [-0.25, -0.2) is 14.4 Å². The van der Waals surface area contributed by atoms with E-state index >= 15 is 0 Å². The average Bonchev–Trinajstić information content (AvgIpc) is 2.42. The molecule has 0 fully saturated rings. The van der Waals surface area contributed by atoms with Gasteiger partial charge in [0.1, 0.15) is 11.6 Å². The van der Waals surface area contributed by atoms with Crippen molar-refractivity contribution in [1.82, 2.24) is 15.3 Å². The number of ether oxygens (including phenoxy) is 1. The van der Waals surface area contributed by atoms with Gasteiger partial charge in [-0.3, -0.25) is 0 Å². The van der Waals surface area contributed by atoms with Crippen molar-refractivity contribution in [2.24, 2.45) is 0 Å². The molecule has 2 aromatic rings. The molecule has 0 aliphatic rings. The van der Waals surface area contributed by atoms with Crippen molar-refractivity contribution in [3.63, 3.8) is 0 Å². The molecule has 0 saturated heterocycles. The maximum absolute atomic E-state index is 13.2. The van der Waals surface area contributed by atoms with Gasteiger partial charge < -0.3 is 10.1 Å². The third-order valence-electron chi connectivity index (χ3n) is 2.36. The molecule has 0 saturated carbocycles. The van der Waals surface area contributed by atoms with E-state index in [1.165, 1.54) is 12.1 Å². The summed E-state index contributed by atoms with van der Waals surface area (Å²) in [5, 5.41) is 3.21. The largest absolute Gasteiger partial charge is 0.424 e. The molecule has 0 aliphatic carbocycles. The van der Waals surface area contributed by atoms with E-state index in [1.54, 1.807) is 18.5 Å². The summed E-state index contributed by atoms with van der Waals surface area (Å²) < 4.78 is 18.6. The fraction of sp³-hybridized carbons (Fsp3) is 0.231. The first-order valence-electron chi connectivity index (χ1n) is 5.83. The minimum absolute atomic E-state index is 0.0502. The zero-order valence-electron chi connectivity index (χ0n) is 10.4. The monoisotopic (exact) mass is 281 g/mol. The maximum atomic E-state index is 13.2. The molecule has 1 aromatic carbocycles. The van der Waals surface area contributed by atoms with E-state index in [0.29, 0.717) is 12.3 Å². The number of hydrogen-bond acceptors (Lipinski definition) is 4. The lowest BCUT2D eigenvalue weighted by atomic mass is 10.3. The van der Waals surface area contributed by atoms with Crippen LogP contribution in [-0.4, -0.2) is 16.5 Å². The van der Waals surface area contributed by atoms with Crippen LogP contribution in [0.25, 0.3) is 0 Å². The molecule has 0 aliphatic heterocycles. The predicted molar refractivity (Wildman–Crippen MR) is 70.9 cm³/mol. The Kier molecular flexibility index (Phi) is 4.65. The average molecular weight is 282 g/mol. The van der Waals surface area contributed by atoms with Crippen molar-refractivity contribution in [2.75, 3.05) is 6.54 Å². The van der Waals surface area contributed by atoms with E-state index in [2.05, 4.69) is 15.3 Å². The minimum atomic E-state index is -0.539. The van der Waals surface area contributed by atoms with Gasteiger partial charge in [-0.15, -0.1) is 0 Å². The van der Waals surface area contributed by atoms with Gasteiger partial charge in [0.2, 0.25) is 0 Å². The SMILES string of the molecule is CCNCc1cnc(Oc2ccc(Cl)c(F)c2)nc1. The molecule has 1 aromatic heterocycles. The standard InChI is InChI=1S/C13H13ClFN3O/c1-2-16-6-9-7-17-13(18-8-9)19-10-3-4-11(14)12(15)5-10/h3-5,7-8,16H,2,6H2,1H3. The van der Waals surface area contributed by atoms with E-state index in [4.69, 9.17) is 16.3 Å². The summed E-state index contributed by atoms with van der Waals surface area (Å²) in [7, 11) is 0. The van der Waals surface area contributed by atoms with E-state index in [9.17, 15) is 4.39 Å². The Morgan fingerprint density at radius 3 is 2.68 bits per heavy atom. The summed E-state index contributed by atoms with van der Waals surface area (Å²) in [5.41, 5.74) is 0.955. The lowest BCUT2D eigenvalue weighted by Gasteiger charge is -2.05. The number of benzene rings is 1. The fourth-order valence-corrected chi connectivity index (χ4v) is 1.52.